The molecule has 7 nitrogen and oxygen atoms in total. The van der Waals surface area contributed by atoms with E-state index in [0.717, 1.165) is 46.6 Å². The number of hydrogen-bond donors (Lipinski definition) is 1. The molecular formula is C29H30N6O. The van der Waals surface area contributed by atoms with E-state index in [1.807, 2.05) is 17.2 Å². The molecule has 5 aromatic rings. The molecule has 182 valence electrons. The minimum absolute atomic E-state index is 0.123. The zero-order valence-electron chi connectivity index (χ0n) is 20.6. The maximum absolute atomic E-state index is 12.3. The highest BCUT2D eigenvalue weighted by atomic mass is 16.2. The van der Waals surface area contributed by atoms with Gasteiger partial charge in [0, 0.05) is 78.3 Å². The number of hydrogen-bond acceptors (Lipinski definition) is 3. The van der Waals surface area contributed by atoms with E-state index in [1.165, 1.54) is 48.7 Å². The summed E-state index contributed by atoms with van der Waals surface area (Å²) in [4.78, 5) is 22.7. The van der Waals surface area contributed by atoms with Gasteiger partial charge in [-0.25, -0.2) is 4.98 Å². The molecule has 0 bridgehead atoms. The SMILES string of the molecule is CC(=O)N1CCc2c(c(-c3cccn4cc(-c5c[nH]c6ccccc56)nc34)nn2C2CCCCC2)C1. The Morgan fingerprint density at radius 1 is 1.06 bits per heavy atom. The highest BCUT2D eigenvalue weighted by Crippen LogP contribution is 2.38. The molecule has 1 aliphatic carbocycles. The fourth-order valence-electron chi connectivity index (χ4n) is 6.17. The molecule has 5 heterocycles. The molecule has 0 spiro atoms. The van der Waals surface area contributed by atoms with Crippen molar-refractivity contribution in [3.63, 3.8) is 0 Å². The Hall–Kier alpha value is -3.87. The molecule has 1 saturated carbocycles. The van der Waals surface area contributed by atoms with Gasteiger partial charge in [-0.05, 0) is 31.0 Å². The number of rotatable bonds is 3. The number of nitrogens with zero attached hydrogens (tertiary/aromatic N) is 5. The Morgan fingerprint density at radius 2 is 1.92 bits per heavy atom. The summed E-state index contributed by atoms with van der Waals surface area (Å²) in [6.07, 6.45) is 13.3. The normalized spacial score (nSPS) is 16.6. The molecule has 0 radical (unpaired) electrons. The summed E-state index contributed by atoms with van der Waals surface area (Å²) in [6, 6.07) is 13.0. The number of carbonyl (C=O) groups is 1. The third-order valence-corrected chi connectivity index (χ3v) is 8.05. The van der Waals surface area contributed by atoms with E-state index in [0.29, 0.717) is 12.6 Å². The maximum Gasteiger partial charge on any atom is 0.219 e. The molecule has 1 fully saturated rings. The summed E-state index contributed by atoms with van der Waals surface area (Å²) < 4.78 is 4.42. The Morgan fingerprint density at radius 3 is 2.78 bits per heavy atom. The van der Waals surface area contributed by atoms with Crippen molar-refractivity contribution in [2.45, 2.75) is 58.0 Å². The monoisotopic (exact) mass is 478 g/mol. The van der Waals surface area contributed by atoms with Crippen LogP contribution in [0.3, 0.4) is 0 Å². The summed E-state index contributed by atoms with van der Waals surface area (Å²) in [6.45, 7) is 3.04. The number of carbonyl (C=O) groups excluding carboxylic acids is 1. The average Bonchev–Trinajstić information content (AvgIpc) is 3.63. The molecule has 2 aliphatic rings. The lowest BCUT2D eigenvalue weighted by Crippen LogP contribution is -2.35. The van der Waals surface area contributed by atoms with Crippen molar-refractivity contribution in [3.05, 3.63) is 66.2 Å². The predicted molar refractivity (Wildman–Crippen MR) is 141 cm³/mol. The number of amides is 1. The van der Waals surface area contributed by atoms with Gasteiger partial charge < -0.3 is 14.3 Å². The van der Waals surface area contributed by atoms with Crippen LogP contribution in [0.25, 0.3) is 39.1 Å². The fraction of sp³-hybridized carbons (Fsp3) is 0.345. The number of H-pyrrole nitrogens is 1. The number of pyridine rings is 1. The van der Waals surface area contributed by atoms with Crippen LogP contribution in [-0.2, 0) is 17.8 Å². The lowest BCUT2D eigenvalue weighted by molar-refractivity contribution is -0.129. The van der Waals surface area contributed by atoms with Crippen molar-refractivity contribution < 1.29 is 4.79 Å². The first-order valence-corrected chi connectivity index (χ1v) is 13.1. The highest BCUT2D eigenvalue weighted by molar-refractivity contribution is 5.95. The molecule has 36 heavy (non-hydrogen) atoms. The third kappa shape index (κ3) is 3.37. The standard InChI is InChI=1S/C29H30N6O/c1-19(36)33-15-13-27-24(17-33)28(32-35(27)20-8-3-2-4-9-20)22-11-7-14-34-18-26(31-29(22)34)23-16-30-25-12-6-5-10-21(23)25/h5-7,10-12,14,16,18,20,30H,2-4,8-9,13,15,17H2,1H3. The van der Waals surface area contributed by atoms with Crippen LogP contribution in [0, 0.1) is 0 Å². The first-order valence-electron chi connectivity index (χ1n) is 13.1. The van der Waals surface area contributed by atoms with Crippen molar-refractivity contribution in [2.24, 2.45) is 0 Å². The first kappa shape index (κ1) is 21.4. The van der Waals surface area contributed by atoms with Crippen LogP contribution in [0.1, 0.15) is 56.3 Å². The topological polar surface area (TPSA) is 71.2 Å². The Balaban J connectivity index is 1.39. The summed E-state index contributed by atoms with van der Waals surface area (Å²) >= 11 is 0. The maximum atomic E-state index is 12.3. The van der Waals surface area contributed by atoms with Gasteiger partial charge in [-0.1, -0.05) is 37.5 Å². The summed E-state index contributed by atoms with van der Waals surface area (Å²) in [5, 5.41) is 6.44. The van der Waals surface area contributed by atoms with E-state index in [-0.39, 0.29) is 5.91 Å². The van der Waals surface area contributed by atoms with Crippen molar-refractivity contribution in [1.82, 2.24) is 29.0 Å². The highest BCUT2D eigenvalue weighted by Gasteiger charge is 2.31. The second kappa shape index (κ2) is 8.36. The molecule has 4 aromatic heterocycles. The molecular weight excluding hydrogens is 448 g/mol. The lowest BCUT2D eigenvalue weighted by atomic mass is 9.94. The largest absolute Gasteiger partial charge is 0.360 e. The minimum atomic E-state index is 0.123. The van der Waals surface area contributed by atoms with Gasteiger partial charge in [-0.2, -0.15) is 5.10 Å². The van der Waals surface area contributed by atoms with Crippen LogP contribution in [0.4, 0.5) is 0 Å². The lowest BCUT2D eigenvalue weighted by Gasteiger charge is -2.29. The van der Waals surface area contributed by atoms with E-state index >= 15 is 0 Å². The van der Waals surface area contributed by atoms with Crippen molar-refractivity contribution in [2.75, 3.05) is 6.54 Å². The number of para-hydroxylation sites is 1. The van der Waals surface area contributed by atoms with Gasteiger partial charge in [-0.15, -0.1) is 0 Å². The van der Waals surface area contributed by atoms with Gasteiger partial charge in [0.15, 0.2) is 0 Å². The fourth-order valence-corrected chi connectivity index (χ4v) is 6.17. The first-order chi connectivity index (χ1) is 17.7. The van der Waals surface area contributed by atoms with Crippen molar-refractivity contribution in [1.29, 1.82) is 0 Å². The molecule has 0 unspecified atom stereocenters. The molecule has 0 atom stereocenters. The Labute approximate surface area is 209 Å². The van der Waals surface area contributed by atoms with Crippen LogP contribution in [0.15, 0.2) is 55.0 Å². The van der Waals surface area contributed by atoms with Crippen LogP contribution < -0.4 is 0 Å². The van der Waals surface area contributed by atoms with Crippen LogP contribution in [0.2, 0.25) is 0 Å². The van der Waals surface area contributed by atoms with Crippen LogP contribution >= 0.6 is 0 Å². The number of aromatic nitrogens is 5. The van der Waals surface area contributed by atoms with Crippen molar-refractivity contribution in [3.8, 4) is 22.5 Å². The zero-order chi connectivity index (χ0) is 24.2. The van der Waals surface area contributed by atoms with Gasteiger partial charge in [0.2, 0.25) is 5.91 Å². The number of benzene rings is 1. The number of fused-ring (bicyclic) bond motifs is 3. The van der Waals surface area contributed by atoms with E-state index in [2.05, 4.69) is 56.8 Å². The molecule has 7 heteroatoms. The van der Waals surface area contributed by atoms with E-state index in [1.54, 1.807) is 6.92 Å². The van der Waals surface area contributed by atoms with Gasteiger partial charge in [0.1, 0.15) is 11.3 Å². The predicted octanol–water partition coefficient (Wildman–Crippen LogP) is 5.76. The molecule has 1 aromatic carbocycles. The average molecular weight is 479 g/mol. The molecule has 1 amide bonds. The van der Waals surface area contributed by atoms with Gasteiger partial charge in [-0.3, -0.25) is 9.48 Å². The zero-order valence-corrected chi connectivity index (χ0v) is 20.6. The molecule has 7 rings (SSSR count). The Kier molecular flexibility index (Phi) is 4.98. The second-order valence-corrected chi connectivity index (χ2v) is 10.2. The molecule has 0 saturated heterocycles. The summed E-state index contributed by atoms with van der Waals surface area (Å²) in [5.74, 6) is 0.123. The summed E-state index contributed by atoms with van der Waals surface area (Å²) in [5.41, 5.74) is 8.53. The number of imidazole rings is 1. The third-order valence-electron chi connectivity index (χ3n) is 8.05. The van der Waals surface area contributed by atoms with Gasteiger partial charge >= 0.3 is 0 Å². The van der Waals surface area contributed by atoms with E-state index in [4.69, 9.17) is 10.1 Å². The van der Waals surface area contributed by atoms with Crippen LogP contribution in [0.5, 0.6) is 0 Å². The second-order valence-electron chi connectivity index (χ2n) is 10.2. The quantitative estimate of drug-likeness (QED) is 0.359. The molecule has 1 aliphatic heterocycles. The van der Waals surface area contributed by atoms with Crippen molar-refractivity contribution >= 4 is 22.5 Å². The smallest absolute Gasteiger partial charge is 0.219 e. The minimum Gasteiger partial charge on any atom is -0.360 e. The molecule has 1 N–H and O–H groups in total. The Bertz CT molecular complexity index is 1600. The van der Waals surface area contributed by atoms with Gasteiger partial charge in [0.25, 0.3) is 0 Å². The van der Waals surface area contributed by atoms with Gasteiger partial charge in [0.05, 0.1) is 11.7 Å². The van der Waals surface area contributed by atoms with E-state index in [9.17, 15) is 4.79 Å². The number of nitrogens with one attached hydrogen (secondary N) is 1. The summed E-state index contributed by atoms with van der Waals surface area (Å²) in [7, 11) is 0. The van der Waals surface area contributed by atoms with E-state index < -0.39 is 0 Å². The van der Waals surface area contributed by atoms with Crippen LogP contribution in [-0.4, -0.2) is 41.5 Å². The number of aromatic amines is 1.